The number of nitrogens with zero attached hydrogens (tertiary/aromatic N) is 1. The number of carbonyl (C=O) groups is 3. The molecule has 0 saturated heterocycles. The number of ether oxygens (including phenoxy) is 1. The Morgan fingerprint density at radius 3 is 2.51 bits per heavy atom. The van der Waals surface area contributed by atoms with Gasteiger partial charge in [0.25, 0.3) is 0 Å². The van der Waals surface area contributed by atoms with Crippen LogP contribution in [-0.4, -0.2) is 48.7 Å². The molecule has 0 bridgehead atoms. The standard InChI is InChI=1S/C32H49NO4/c1-22(2)33(4)30(36)21-37-18-10-8-6-5-7-9-11-24-20-32(3)28(16-17-29(32)35)27-14-12-23-19-25(34)13-15-26(23)31(24)27/h19,22,24,27-28H,5-18,20-21H2,1-4H3/t24-,27-,28-,32-/m0/s1. The molecule has 5 nitrogen and oxygen atoms in total. The topological polar surface area (TPSA) is 63.7 Å². The van der Waals surface area contributed by atoms with Crippen molar-refractivity contribution in [3.63, 3.8) is 0 Å². The van der Waals surface area contributed by atoms with Crippen LogP contribution in [0.15, 0.2) is 22.8 Å². The number of unbranched alkanes of at least 4 members (excludes halogenated alkanes) is 5. The second kappa shape index (κ2) is 12.4. The van der Waals surface area contributed by atoms with Crippen LogP contribution in [0.4, 0.5) is 0 Å². The minimum atomic E-state index is -0.129. The quantitative estimate of drug-likeness (QED) is 0.277. The van der Waals surface area contributed by atoms with E-state index < -0.39 is 0 Å². The van der Waals surface area contributed by atoms with E-state index in [0.29, 0.717) is 42.3 Å². The number of ketones is 2. The average molecular weight is 512 g/mol. The van der Waals surface area contributed by atoms with E-state index >= 15 is 0 Å². The third kappa shape index (κ3) is 6.29. The van der Waals surface area contributed by atoms with Gasteiger partial charge >= 0.3 is 0 Å². The summed E-state index contributed by atoms with van der Waals surface area (Å²) in [5.41, 5.74) is 4.37. The summed E-state index contributed by atoms with van der Waals surface area (Å²) in [6.45, 7) is 7.13. The molecule has 4 rings (SSSR count). The van der Waals surface area contributed by atoms with E-state index in [0.717, 1.165) is 51.4 Å². The lowest BCUT2D eigenvalue weighted by atomic mass is 9.53. The van der Waals surface area contributed by atoms with Gasteiger partial charge in [0.05, 0.1) is 0 Å². The number of Topliss-reactive ketones (excluding diaryl/α,β-unsaturated/α-hetero) is 1. The monoisotopic (exact) mass is 511 g/mol. The molecular weight excluding hydrogens is 462 g/mol. The van der Waals surface area contributed by atoms with Crippen LogP contribution in [0.1, 0.15) is 111 Å². The van der Waals surface area contributed by atoms with Crippen LogP contribution in [0, 0.1) is 23.2 Å². The van der Waals surface area contributed by atoms with Crippen LogP contribution in [0.2, 0.25) is 0 Å². The zero-order chi connectivity index (χ0) is 26.6. The lowest BCUT2D eigenvalue weighted by molar-refractivity contribution is -0.136. The molecular formula is C32H49NO4. The van der Waals surface area contributed by atoms with Crippen molar-refractivity contribution in [1.29, 1.82) is 0 Å². The van der Waals surface area contributed by atoms with Gasteiger partial charge in [0, 0.05) is 38.0 Å². The fourth-order valence-corrected chi connectivity index (χ4v) is 7.71. The number of allylic oxidation sites excluding steroid dienone is 4. The molecule has 4 aliphatic carbocycles. The molecule has 37 heavy (non-hydrogen) atoms. The van der Waals surface area contributed by atoms with E-state index in [2.05, 4.69) is 6.92 Å². The van der Waals surface area contributed by atoms with E-state index in [1.165, 1.54) is 43.3 Å². The van der Waals surface area contributed by atoms with Crippen molar-refractivity contribution in [3.8, 4) is 0 Å². The molecule has 0 aromatic carbocycles. The lowest BCUT2D eigenvalue weighted by Crippen LogP contribution is -2.44. The van der Waals surface area contributed by atoms with Crippen LogP contribution < -0.4 is 0 Å². The van der Waals surface area contributed by atoms with Crippen molar-refractivity contribution in [3.05, 3.63) is 22.8 Å². The molecule has 1 amide bonds. The molecule has 2 fully saturated rings. The summed E-state index contributed by atoms with van der Waals surface area (Å²) in [4.78, 5) is 38.8. The van der Waals surface area contributed by atoms with Crippen molar-refractivity contribution in [2.75, 3.05) is 20.3 Å². The summed E-state index contributed by atoms with van der Waals surface area (Å²) < 4.78 is 5.58. The van der Waals surface area contributed by atoms with Crippen LogP contribution in [-0.2, 0) is 19.1 Å². The van der Waals surface area contributed by atoms with Gasteiger partial charge in [-0.3, -0.25) is 14.4 Å². The SMILES string of the molecule is CC(C)N(C)C(=O)COCCCCCCCC[C@H]1C[C@]2(C)C(=O)CC[C@H]2[C@@H]2CCC3=CC(=O)CCC3=C12. The summed E-state index contributed by atoms with van der Waals surface area (Å²) in [7, 11) is 1.82. The van der Waals surface area contributed by atoms with Crippen LogP contribution >= 0.6 is 0 Å². The van der Waals surface area contributed by atoms with E-state index in [4.69, 9.17) is 4.74 Å². The number of likely N-dealkylation sites (N-methyl/N-ethyl adjacent to an activating group) is 1. The first kappa shape index (κ1) is 28.3. The molecule has 5 heteroatoms. The highest BCUT2D eigenvalue weighted by atomic mass is 16.5. The zero-order valence-corrected chi connectivity index (χ0v) is 23.8. The maximum atomic E-state index is 13.0. The summed E-state index contributed by atoms with van der Waals surface area (Å²) in [6.07, 6.45) is 16.7. The lowest BCUT2D eigenvalue weighted by Gasteiger charge is -2.50. The molecule has 0 aromatic rings. The molecule has 4 atom stereocenters. The minimum absolute atomic E-state index is 0.0517. The predicted octanol–water partition coefficient (Wildman–Crippen LogP) is 6.60. The number of hydrogen-bond acceptors (Lipinski definition) is 4. The normalized spacial score (nSPS) is 29.2. The van der Waals surface area contributed by atoms with Crippen molar-refractivity contribution in [2.45, 2.75) is 117 Å². The molecule has 0 N–H and O–H groups in total. The van der Waals surface area contributed by atoms with Gasteiger partial charge in [-0.25, -0.2) is 0 Å². The first-order valence-corrected chi connectivity index (χ1v) is 15.1. The number of carbonyl (C=O) groups excluding carboxylic acids is 3. The molecule has 206 valence electrons. The second-order valence-electron chi connectivity index (χ2n) is 12.7. The van der Waals surface area contributed by atoms with E-state index in [1.807, 2.05) is 27.0 Å². The fourth-order valence-electron chi connectivity index (χ4n) is 7.71. The summed E-state index contributed by atoms with van der Waals surface area (Å²) in [6, 6.07) is 0.207. The zero-order valence-electron chi connectivity index (χ0n) is 23.8. The third-order valence-corrected chi connectivity index (χ3v) is 10.0. The highest BCUT2D eigenvalue weighted by Crippen LogP contribution is 2.61. The van der Waals surface area contributed by atoms with E-state index in [-0.39, 0.29) is 24.0 Å². The van der Waals surface area contributed by atoms with Crippen molar-refractivity contribution < 1.29 is 19.1 Å². The van der Waals surface area contributed by atoms with E-state index in [9.17, 15) is 14.4 Å². The Hall–Kier alpha value is -1.75. The molecule has 0 unspecified atom stereocenters. The molecule has 0 spiro atoms. The molecule has 0 aliphatic heterocycles. The fraction of sp³-hybridized carbons (Fsp3) is 0.781. The van der Waals surface area contributed by atoms with Gasteiger partial charge in [0.1, 0.15) is 12.4 Å². The van der Waals surface area contributed by atoms with Crippen molar-refractivity contribution in [1.82, 2.24) is 4.90 Å². The molecule has 2 saturated carbocycles. The Kier molecular flexibility index (Phi) is 9.48. The highest BCUT2D eigenvalue weighted by molar-refractivity contribution is 5.93. The van der Waals surface area contributed by atoms with E-state index in [1.54, 1.807) is 10.5 Å². The number of amides is 1. The number of rotatable bonds is 12. The van der Waals surface area contributed by atoms with Crippen LogP contribution in [0.5, 0.6) is 0 Å². The van der Waals surface area contributed by atoms with Gasteiger partial charge < -0.3 is 9.64 Å². The van der Waals surface area contributed by atoms with Crippen molar-refractivity contribution >= 4 is 17.5 Å². The smallest absolute Gasteiger partial charge is 0.248 e. The first-order valence-electron chi connectivity index (χ1n) is 15.1. The molecule has 0 heterocycles. The maximum absolute atomic E-state index is 13.0. The molecule has 0 radical (unpaired) electrons. The third-order valence-electron chi connectivity index (χ3n) is 10.0. The molecule has 4 aliphatic rings. The van der Waals surface area contributed by atoms with Gasteiger partial charge in [-0.15, -0.1) is 0 Å². The number of fused-ring (bicyclic) bond motifs is 4. The van der Waals surface area contributed by atoms with Crippen LogP contribution in [0.3, 0.4) is 0 Å². The summed E-state index contributed by atoms with van der Waals surface area (Å²) in [5.74, 6) is 2.44. The Morgan fingerprint density at radius 1 is 1.03 bits per heavy atom. The van der Waals surface area contributed by atoms with Gasteiger partial charge in [-0.2, -0.15) is 0 Å². The van der Waals surface area contributed by atoms with Crippen molar-refractivity contribution in [2.24, 2.45) is 23.2 Å². The summed E-state index contributed by atoms with van der Waals surface area (Å²) in [5, 5.41) is 0. The largest absolute Gasteiger partial charge is 0.372 e. The Labute approximate surface area is 224 Å². The Morgan fingerprint density at radius 2 is 1.76 bits per heavy atom. The first-order chi connectivity index (χ1) is 17.7. The van der Waals surface area contributed by atoms with Gasteiger partial charge in [-0.05, 0) is 93.8 Å². The Bertz CT molecular complexity index is 931. The van der Waals surface area contributed by atoms with Crippen LogP contribution in [0.25, 0.3) is 0 Å². The second-order valence-corrected chi connectivity index (χ2v) is 12.7. The van der Waals surface area contributed by atoms with Gasteiger partial charge in [0.15, 0.2) is 5.78 Å². The highest BCUT2D eigenvalue weighted by Gasteiger charge is 2.55. The maximum Gasteiger partial charge on any atom is 0.248 e. The van der Waals surface area contributed by atoms with Gasteiger partial charge in [0.2, 0.25) is 5.91 Å². The minimum Gasteiger partial charge on any atom is -0.372 e. The summed E-state index contributed by atoms with van der Waals surface area (Å²) >= 11 is 0. The Balaban J connectivity index is 1.24. The molecule has 0 aromatic heterocycles. The van der Waals surface area contributed by atoms with Gasteiger partial charge in [-0.1, -0.05) is 44.6 Å². The average Bonchev–Trinajstić information content (AvgIpc) is 3.17. The predicted molar refractivity (Wildman–Crippen MR) is 147 cm³/mol. The number of hydrogen-bond donors (Lipinski definition) is 0.